The van der Waals surface area contributed by atoms with E-state index in [-0.39, 0.29) is 5.91 Å². The quantitative estimate of drug-likeness (QED) is 0.913. The highest BCUT2D eigenvalue weighted by Crippen LogP contribution is 2.16. The summed E-state index contributed by atoms with van der Waals surface area (Å²) in [6.07, 6.45) is 1.58. The number of carbonyl (C=O) groups excluding carboxylic acids is 1. The Bertz CT molecular complexity index is 578. The van der Waals surface area contributed by atoms with Gasteiger partial charge in [0.1, 0.15) is 11.5 Å². The molecule has 1 N–H and O–H groups in total. The molecule has 0 fully saturated rings. The summed E-state index contributed by atoms with van der Waals surface area (Å²) in [7, 11) is 3.94. The molecular formula is C14H16N4O. The van der Waals surface area contributed by atoms with Crippen molar-refractivity contribution >= 4 is 17.3 Å². The zero-order chi connectivity index (χ0) is 13.8. The third kappa shape index (κ3) is 3.28. The smallest absolute Gasteiger partial charge is 0.274 e. The van der Waals surface area contributed by atoms with Gasteiger partial charge >= 0.3 is 0 Å². The fourth-order valence-corrected chi connectivity index (χ4v) is 1.62. The second-order valence-corrected chi connectivity index (χ2v) is 4.38. The maximum absolute atomic E-state index is 12.0. The van der Waals surface area contributed by atoms with Crippen LogP contribution in [0.4, 0.5) is 11.4 Å². The molecule has 0 aliphatic rings. The van der Waals surface area contributed by atoms with Crippen molar-refractivity contribution in [1.29, 1.82) is 0 Å². The first-order valence-corrected chi connectivity index (χ1v) is 5.94. The summed E-state index contributed by atoms with van der Waals surface area (Å²) in [6, 6.07) is 9.21. The molecule has 1 aromatic heterocycles. The second-order valence-electron chi connectivity index (χ2n) is 4.38. The first kappa shape index (κ1) is 13.0. The van der Waals surface area contributed by atoms with Gasteiger partial charge in [0.25, 0.3) is 5.91 Å². The summed E-state index contributed by atoms with van der Waals surface area (Å²) in [6.45, 7) is 1.75. The van der Waals surface area contributed by atoms with E-state index in [0.29, 0.717) is 11.5 Å². The minimum Gasteiger partial charge on any atom is -0.378 e. The summed E-state index contributed by atoms with van der Waals surface area (Å²) in [5.74, 6) is 0.346. The molecule has 19 heavy (non-hydrogen) atoms. The SMILES string of the molecule is Cc1nccc(C(=O)Nc2ccc(N(C)C)cc2)n1. The van der Waals surface area contributed by atoms with E-state index in [9.17, 15) is 4.79 Å². The number of hydrogen-bond donors (Lipinski definition) is 1. The Balaban J connectivity index is 2.10. The van der Waals surface area contributed by atoms with E-state index >= 15 is 0 Å². The van der Waals surface area contributed by atoms with Crippen LogP contribution in [0.2, 0.25) is 0 Å². The molecule has 0 spiro atoms. The van der Waals surface area contributed by atoms with E-state index in [1.165, 1.54) is 0 Å². The number of aryl methyl sites for hydroxylation is 1. The minimum absolute atomic E-state index is 0.233. The number of aromatic nitrogens is 2. The molecular weight excluding hydrogens is 240 g/mol. The highest BCUT2D eigenvalue weighted by atomic mass is 16.1. The molecule has 5 nitrogen and oxygen atoms in total. The van der Waals surface area contributed by atoms with Crippen molar-refractivity contribution in [3.05, 3.63) is 48.0 Å². The standard InChI is InChI=1S/C14H16N4O/c1-10-15-9-8-13(16-10)14(19)17-11-4-6-12(7-5-11)18(2)3/h4-9H,1-3H3,(H,17,19). The number of nitrogens with one attached hydrogen (secondary N) is 1. The molecule has 1 heterocycles. The van der Waals surface area contributed by atoms with E-state index in [4.69, 9.17) is 0 Å². The van der Waals surface area contributed by atoms with Crippen molar-refractivity contribution in [2.24, 2.45) is 0 Å². The topological polar surface area (TPSA) is 58.1 Å². The van der Waals surface area contributed by atoms with Gasteiger partial charge in [-0.05, 0) is 37.3 Å². The van der Waals surface area contributed by atoms with Crippen LogP contribution in [0.15, 0.2) is 36.5 Å². The molecule has 1 amide bonds. The molecule has 2 rings (SSSR count). The summed E-state index contributed by atoms with van der Waals surface area (Å²) in [5.41, 5.74) is 2.19. The number of anilines is 2. The van der Waals surface area contributed by atoms with E-state index in [0.717, 1.165) is 11.4 Å². The van der Waals surface area contributed by atoms with E-state index in [2.05, 4.69) is 15.3 Å². The lowest BCUT2D eigenvalue weighted by atomic mass is 10.2. The predicted molar refractivity (Wildman–Crippen MR) is 75.5 cm³/mol. The average molecular weight is 256 g/mol. The van der Waals surface area contributed by atoms with Gasteiger partial charge in [0.15, 0.2) is 0 Å². The molecule has 5 heteroatoms. The van der Waals surface area contributed by atoms with Crippen LogP contribution in [0.1, 0.15) is 16.3 Å². The molecule has 1 aromatic carbocycles. The summed E-state index contributed by atoms with van der Waals surface area (Å²) in [4.78, 5) is 22.0. The van der Waals surface area contributed by atoms with Gasteiger partial charge in [0, 0.05) is 31.7 Å². The summed E-state index contributed by atoms with van der Waals surface area (Å²) >= 11 is 0. The van der Waals surface area contributed by atoms with Crippen molar-refractivity contribution < 1.29 is 4.79 Å². The van der Waals surface area contributed by atoms with Crippen molar-refractivity contribution in [3.8, 4) is 0 Å². The molecule has 0 atom stereocenters. The lowest BCUT2D eigenvalue weighted by Crippen LogP contribution is -2.14. The Morgan fingerprint density at radius 1 is 1.16 bits per heavy atom. The Kier molecular flexibility index (Phi) is 3.75. The van der Waals surface area contributed by atoms with E-state index in [1.807, 2.05) is 43.3 Å². The van der Waals surface area contributed by atoms with Gasteiger partial charge in [-0.2, -0.15) is 0 Å². The molecule has 0 aliphatic carbocycles. The first-order chi connectivity index (χ1) is 9.06. The normalized spacial score (nSPS) is 10.1. The number of hydrogen-bond acceptors (Lipinski definition) is 4. The molecule has 0 bridgehead atoms. The van der Waals surface area contributed by atoms with Crippen molar-refractivity contribution in [3.63, 3.8) is 0 Å². The van der Waals surface area contributed by atoms with Gasteiger partial charge in [-0.1, -0.05) is 0 Å². The fourth-order valence-electron chi connectivity index (χ4n) is 1.62. The number of carbonyl (C=O) groups is 1. The Hall–Kier alpha value is -2.43. The van der Waals surface area contributed by atoms with Crippen molar-refractivity contribution in [2.45, 2.75) is 6.92 Å². The molecule has 98 valence electrons. The number of benzene rings is 1. The molecule has 0 radical (unpaired) electrons. The minimum atomic E-state index is -0.233. The Morgan fingerprint density at radius 2 is 1.84 bits per heavy atom. The maximum atomic E-state index is 12.0. The lowest BCUT2D eigenvalue weighted by Gasteiger charge is -2.13. The van der Waals surface area contributed by atoms with Gasteiger partial charge in [0.2, 0.25) is 0 Å². The lowest BCUT2D eigenvalue weighted by molar-refractivity contribution is 0.102. The molecule has 2 aromatic rings. The van der Waals surface area contributed by atoms with Crippen LogP contribution in [0.5, 0.6) is 0 Å². The van der Waals surface area contributed by atoms with Gasteiger partial charge in [-0.25, -0.2) is 9.97 Å². The van der Waals surface area contributed by atoms with Crippen molar-refractivity contribution in [2.75, 3.05) is 24.3 Å². The van der Waals surface area contributed by atoms with Gasteiger partial charge < -0.3 is 10.2 Å². The Labute approximate surface area is 112 Å². The van der Waals surface area contributed by atoms with Crippen LogP contribution in [0.25, 0.3) is 0 Å². The second kappa shape index (κ2) is 5.48. The van der Waals surface area contributed by atoms with Gasteiger partial charge in [-0.15, -0.1) is 0 Å². The van der Waals surface area contributed by atoms with Crippen LogP contribution in [-0.4, -0.2) is 30.0 Å². The molecule has 0 aliphatic heterocycles. The van der Waals surface area contributed by atoms with E-state index < -0.39 is 0 Å². The third-order valence-corrected chi connectivity index (χ3v) is 2.65. The maximum Gasteiger partial charge on any atom is 0.274 e. The molecule has 0 saturated carbocycles. The summed E-state index contributed by atoms with van der Waals surface area (Å²) in [5, 5.41) is 2.80. The number of rotatable bonds is 3. The van der Waals surface area contributed by atoms with Crippen LogP contribution in [0, 0.1) is 6.92 Å². The highest BCUT2D eigenvalue weighted by molar-refractivity contribution is 6.02. The zero-order valence-electron chi connectivity index (χ0n) is 11.2. The molecule has 0 saturated heterocycles. The van der Waals surface area contributed by atoms with Crippen LogP contribution in [0.3, 0.4) is 0 Å². The van der Waals surface area contributed by atoms with Crippen LogP contribution in [-0.2, 0) is 0 Å². The fraction of sp³-hybridized carbons (Fsp3) is 0.214. The largest absolute Gasteiger partial charge is 0.378 e. The number of nitrogens with zero attached hydrogens (tertiary/aromatic N) is 3. The van der Waals surface area contributed by atoms with Gasteiger partial charge in [-0.3, -0.25) is 4.79 Å². The Morgan fingerprint density at radius 3 is 2.42 bits per heavy atom. The van der Waals surface area contributed by atoms with Crippen LogP contribution < -0.4 is 10.2 Å². The number of amides is 1. The van der Waals surface area contributed by atoms with E-state index in [1.54, 1.807) is 19.2 Å². The average Bonchev–Trinajstić information content (AvgIpc) is 2.39. The summed E-state index contributed by atoms with van der Waals surface area (Å²) < 4.78 is 0. The van der Waals surface area contributed by atoms with Crippen molar-refractivity contribution in [1.82, 2.24) is 9.97 Å². The highest BCUT2D eigenvalue weighted by Gasteiger charge is 2.08. The predicted octanol–water partition coefficient (Wildman–Crippen LogP) is 2.10. The van der Waals surface area contributed by atoms with Crippen LogP contribution >= 0.6 is 0 Å². The molecule has 0 unspecified atom stereocenters. The third-order valence-electron chi connectivity index (χ3n) is 2.65. The van der Waals surface area contributed by atoms with Gasteiger partial charge in [0.05, 0.1) is 0 Å². The monoisotopic (exact) mass is 256 g/mol. The first-order valence-electron chi connectivity index (χ1n) is 5.94. The zero-order valence-corrected chi connectivity index (χ0v) is 11.2.